The summed E-state index contributed by atoms with van der Waals surface area (Å²) in [5.74, 6) is 5.60. The number of pyridine rings is 1. The van der Waals surface area contributed by atoms with Gasteiger partial charge in [-0.2, -0.15) is 13.2 Å². The quantitative estimate of drug-likeness (QED) is 0.412. The standard InChI is InChI=1S/C26H22F3N3O/c1-4-18-14-31-15-21(24(18)16-30-3)10-9-19-13-23(11-8-17(19)2)32-25(33)20-6-5-7-22(12-20)26(27,28)29/h5-8,11-16H,4H2,1-3H3,(H,32,33). The zero-order valence-corrected chi connectivity index (χ0v) is 18.4. The Morgan fingerprint density at radius 1 is 1.12 bits per heavy atom. The summed E-state index contributed by atoms with van der Waals surface area (Å²) in [6.45, 7) is 3.92. The van der Waals surface area contributed by atoms with Crippen LogP contribution in [-0.4, -0.2) is 24.2 Å². The Bertz CT molecular complexity index is 1270. The maximum absolute atomic E-state index is 12.9. The fourth-order valence-electron chi connectivity index (χ4n) is 3.19. The third-order valence-electron chi connectivity index (χ3n) is 4.99. The maximum atomic E-state index is 12.9. The number of rotatable bonds is 4. The van der Waals surface area contributed by atoms with Gasteiger partial charge in [-0.15, -0.1) is 0 Å². The van der Waals surface area contributed by atoms with Crippen molar-refractivity contribution >= 4 is 17.8 Å². The van der Waals surface area contributed by atoms with Gasteiger partial charge in [0.25, 0.3) is 5.91 Å². The number of carbonyl (C=O) groups excluding carboxylic acids is 1. The van der Waals surface area contributed by atoms with E-state index in [4.69, 9.17) is 0 Å². The van der Waals surface area contributed by atoms with E-state index in [9.17, 15) is 18.0 Å². The lowest BCUT2D eigenvalue weighted by Gasteiger charge is -2.10. The Morgan fingerprint density at radius 2 is 1.88 bits per heavy atom. The molecule has 0 aliphatic rings. The summed E-state index contributed by atoms with van der Waals surface area (Å²) in [5, 5.41) is 2.65. The lowest BCUT2D eigenvalue weighted by Crippen LogP contribution is -2.14. The molecule has 0 fully saturated rings. The van der Waals surface area contributed by atoms with E-state index in [0.717, 1.165) is 40.8 Å². The van der Waals surface area contributed by atoms with Crippen LogP contribution in [-0.2, 0) is 12.6 Å². The lowest BCUT2D eigenvalue weighted by molar-refractivity contribution is -0.137. The molecule has 4 nitrogen and oxygen atoms in total. The number of benzene rings is 2. The number of aliphatic imine (C=N–C) groups is 1. The van der Waals surface area contributed by atoms with E-state index in [2.05, 4.69) is 27.1 Å². The summed E-state index contributed by atoms with van der Waals surface area (Å²) < 4.78 is 38.8. The Morgan fingerprint density at radius 3 is 2.58 bits per heavy atom. The average molecular weight is 449 g/mol. The van der Waals surface area contributed by atoms with Crippen LogP contribution >= 0.6 is 0 Å². The normalized spacial score (nSPS) is 11.2. The first-order chi connectivity index (χ1) is 15.7. The van der Waals surface area contributed by atoms with Gasteiger partial charge in [0.2, 0.25) is 0 Å². The highest BCUT2D eigenvalue weighted by Gasteiger charge is 2.30. The molecule has 0 aliphatic heterocycles. The number of carbonyl (C=O) groups is 1. The number of nitrogens with one attached hydrogen (secondary N) is 1. The Labute approximate surface area is 190 Å². The fraction of sp³-hybridized carbons (Fsp3) is 0.192. The van der Waals surface area contributed by atoms with Gasteiger partial charge in [-0.1, -0.05) is 30.9 Å². The molecule has 1 N–H and O–H groups in total. The summed E-state index contributed by atoms with van der Waals surface area (Å²) in [4.78, 5) is 20.9. The van der Waals surface area contributed by atoms with Crippen LogP contribution in [0.3, 0.4) is 0 Å². The molecule has 1 aromatic heterocycles. The first kappa shape index (κ1) is 23.7. The van der Waals surface area contributed by atoms with E-state index < -0.39 is 17.6 Å². The minimum absolute atomic E-state index is 0.0796. The zero-order valence-electron chi connectivity index (χ0n) is 18.4. The fourth-order valence-corrected chi connectivity index (χ4v) is 3.19. The minimum Gasteiger partial charge on any atom is -0.322 e. The molecule has 1 amide bonds. The van der Waals surface area contributed by atoms with Crippen LogP contribution in [0.4, 0.5) is 18.9 Å². The molecule has 3 rings (SSSR count). The second-order valence-electron chi connectivity index (χ2n) is 7.31. The molecule has 0 spiro atoms. The first-order valence-electron chi connectivity index (χ1n) is 10.2. The SMILES string of the molecule is CCc1cncc(C#Cc2cc(NC(=O)c3cccc(C(F)(F)F)c3)ccc2C)c1C=NC. The van der Waals surface area contributed by atoms with Crippen LogP contribution in [0.5, 0.6) is 0 Å². The molecule has 0 unspecified atom stereocenters. The van der Waals surface area contributed by atoms with Gasteiger partial charge in [-0.25, -0.2) is 0 Å². The molecule has 7 heteroatoms. The van der Waals surface area contributed by atoms with Gasteiger partial charge in [-0.3, -0.25) is 14.8 Å². The van der Waals surface area contributed by atoms with Gasteiger partial charge in [0.1, 0.15) is 0 Å². The van der Waals surface area contributed by atoms with E-state index >= 15 is 0 Å². The van der Waals surface area contributed by atoms with Crippen molar-refractivity contribution in [1.82, 2.24) is 4.98 Å². The number of nitrogens with zero attached hydrogens (tertiary/aromatic N) is 2. The van der Waals surface area contributed by atoms with Crippen molar-refractivity contribution in [2.75, 3.05) is 12.4 Å². The monoisotopic (exact) mass is 449 g/mol. The largest absolute Gasteiger partial charge is 0.416 e. The lowest BCUT2D eigenvalue weighted by atomic mass is 10.0. The molecule has 33 heavy (non-hydrogen) atoms. The second kappa shape index (κ2) is 10.1. The number of halogens is 3. The van der Waals surface area contributed by atoms with E-state index in [1.807, 2.05) is 13.8 Å². The maximum Gasteiger partial charge on any atom is 0.416 e. The summed E-state index contributed by atoms with van der Waals surface area (Å²) >= 11 is 0. The van der Waals surface area contributed by atoms with Crippen molar-refractivity contribution < 1.29 is 18.0 Å². The summed E-state index contributed by atoms with van der Waals surface area (Å²) in [6.07, 6.45) is 1.49. The first-order valence-corrected chi connectivity index (χ1v) is 10.2. The molecular weight excluding hydrogens is 427 g/mol. The third-order valence-corrected chi connectivity index (χ3v) is 4.99. The van der Waals surface area contributed by atoms with Gasteiger partial charge >= 0.3 is 6.18 Å². The third kappa shape index (κ3) is 5.86. The molecule has 3 aromatic rings. The van der Waals surface area contributed by atoms with Crippen LogP contribution in [0.2, 0.25) is 0 Å². The highest BCUT2D eigenvalue weighted by atomic mass is 19.4. The van der Waals surface area contributed by atoms with Crippen molar-refractivity contribution in [1.29, 1.82) is 0 Å². The molecular formula is C26H22F3N3O. The van der Waals surface area contributed by atoms with Crippen LogP contribution in [0.15, 0.2) is 59.9 Å². The molecule has 0 atom stereocenters. The van der Waals surface area contributed by atoms with Crippen LogP contribution in [0, 0.1) is 18.8 Å². The number of aromatic nitrogens is 1. The molecule has 0 radical (unpaired) electrons. The topological polar surface area (TPSA) is 54.4 Å². The molecule has 1 heterocycles. The van der Waals surface area contributed by atoms with Crippen LogP contribution in [0.1, 0.15) is 50.7 Å². The highest BCUT2D eigenvalue weighted by molar-refractivity contribution is 6.04. The number of amides is 1. The van der Waals surface area contributed by atoms with Gasteiger partial charge in [-0.05, 0) is 54.8 Å². The predicted octanol–water partition coefficient (Wildman–Crippen LogP) is 5.67. The van der Waals surface area contributed by atoms with Crippen LogP contribution in [0.25, 0.3) is 0 Å². The van der Waals surface area contributed by atoms with Crippen molar-refractivity contribution in [2.24, 2.45) is 4.99 Å². The minimum atomic E-state index is -4.52. The van der Waals surface area contributed by atoms with E-state index in [0.29, 0.717) is 11.3 Å². The Kier molecular flexibility index (Phi) is 7.29. The van der Waals surface area contributed by atoms with E-state index in [1.54, 1.807) is 43.9 Å². The van der Waals surface area contributed by atoms with Gasteiger partial charge in [0.05, 0.1) is 11.1 Å². The van der Waals surface area contributed by atoms with Crippen molar-refractivity contribution in [3.8, 4) is 11.8 Å². The van der Waals surface area contributed by atoms with Gasteiger partial charge in [0, 0.05) is 48.0 Å². The summed E-state index contributed by atoms with van der Waals surface area (Å²) in [6, 6.07) is 9.47. The van der Waals surface area contributed by atoms with Crippen LogP contribution < -0.4 is 5.32 Å². The van der Waals surface area contributed by atoms with Gasteiger partial charge in [0.15, 0.2) is 0 Å². The van der Waals surface area contributed by atoms with Crippen molar-refractivity contribution in [2.45, 2.75) is 26.4 Å². The highest BCUT2D eigenvalue weighted by Crippen LogP contribution is 2.29. The molecule has 0 saturated heterocycles. The summed E-state index contributed by atoms with van der Waals surface area (Å²) in [7, 11) is 1.69. The summed E-state index contributed by atoms with van der Waals surface area (Å²) in [5.41, 5.74) is 3.73. The number of hydrogen-bond donors (Lipinski definition) is 1. The van der Waals surface area contributed by atoms with Gasteiger partial charge < -0.3 is 5.32 Å². The molecule has 0 bridgehead atoms. The average Bonchev–Trinajstić information content (AvgIpc) is 2.79. The molecule has 168 valence electrons. The van der Waals surface area contributed by atoms with E-state index in [1.165, 1.54) is 12.1 Å². The molecule has 0 aliphatic carbocycles. The smallest absolute Gasteiger partial charge is 0.322 e. The number of alkyl halides is 3. The second-order valence-corrected chi connectivity index (χ2v) is 7.31. The van der Waals surface area contributed by atoms with Crippen molar-refractivity contribution in [3.05, 3.63) is 93.8 Å². The number of hydrogen-bond acceptors (Lipinski definition) is 3. The van der Waals surface area contributed by atoms with Crippen molar-refractivity contribution in [3.63, 3.8) is 0 Å². The number of aryl methyl sites for hydroxylation is 2. The molecule has 0 saturated carbocycles. The zero-order chi connectivity index (χ0) is 24.0. The molecule has 2 aromatic carbocycles. The number of anilines is 1. The Hall–Kier alpha value is -3.92. The van der Waals surface area contributed by atoms with E-state index in [-0.39, 0.29) is 5.56 Å². The Balaban J connectivity index is 1.89. The predicted molar refractivity (Wildman–Crippen MR) is 124 cm³/mol.